The number of hydrogen-bond donors (Lipinski definition) is 1. The highest BCUT2D eigenvalue weighted by Gasteiger charge is 2.38. The van der Waals surface area contributed by atoms with Gasteiger partial charge in [-0.1, -0.05) is 35.9 Å². The number of rotatable bonds is 5. The van der Waals surface area contributed by atoms with Gasteiger partial charge in [-0.3, -0.25) is 9.10 Å². The van der Waals surface area contributed by atoms with E-state index in [0.717, 1.165) is 11.1 Å². The Morgan fingerprint density at radius 2 is 1.66 bits per heavy atom. The number of ether oxygens (including phenoxy) is 3. The number of anilines is 1. The third kappa shape index (κ3) is 4.64. The smallest absolute Gasteiger partial charge is 0.264 e. The number of carbonyl (C=O) groups excluding carboxylic acids is 1. The van der Waals surface area contributed by atoms with Crippen molar-refractivity contribution in [2.45, 2.75) is 31.0 Å². The number of hydrogen-bond acceptors (Lipinski definition) is 6. The van der Waals surface area contributed by atoms with Gasteiger partial charge in [-0.05, 0) is 55.8 Å². The predicted molar refractivity (Wildman–Crippen MR) is 131 cm³/mol. The lowest BCUT2D eigenvalue weighted by atomic mass is 10.1. The zero-order valence-corrected chi connectivity index (χ0v) is 20.2. The van der Waals surface area contributed by atoms with Gasteiger partial charge in [0.15, 0.2) is 17.6 Å². The fourth-order valence-corrected chi connectivity index (χ4v) is 5.52. The molecule has 0 saturated carbocycles. The normalized spacial score (nSPS) is 18.9. The summed E-state index contributed by atoms with van der Waals surface area (Å²) in [6.07, 6.45) is -1.40. The highest BCUT2D eigenvalue weighted by atomic mass is 32.2. The first-order valence-corrected chi connectivity index (χ1v) is 12.8. The summed E-state index contributed by atoms with van der Waals surface area (Å²) in [5, 5.41) is 2.82. The molecule has 1 amide bonds. The van der Waals surface area contributed by atoms with Gasteiger partial charge in [0.2, 0.25) is 0 Å². The number of amides is 1. The average Bonchev–Trinajstić information content (AvgIpc) is 2.86. The molecule has 2 atom stereocenters. The largest absolute Gasteiger partial charge is 0.486 e. The lowest BCUT2D eigenvalue weighted by Gasteiger charge is -2.35. The van der Waals surface area contributed by atoms with Crippen molar-refractivity contribution in [1.29, 1.82) is 0 Å². The van der Waals surface area contributed by atoms with Gasteiger partial charge in [-0.25, -0.2) is 8.42 Å². The molecule has 0 saturated heterocycles. The number of benzene rings is 3. The number of para-hydroxylation sites is 2. The molecule has 3 aromatic carbocycles. The summed E-state index contributed by atoms with van der Waals surface area (Å²) in [5.74, 6) is 1.19. The maximum atomic E-state index is 13.6. The lowest BCUT2D eigenvalue weighted by molar-refractivity contribution is -0.128. The molecule has 8 nitrogen and oxygen atoms in total. The van der Waals surface area contributed by atoms with Crippen LogP contribution >= 0.6 is 0 Å². The Hall–Kier alpha value is -3.72. The summed E-state index contributed by atoms with van der Waals surface area (Å²) in [7, 11) is -3.92. The summed E-state index contributed by atoms with van der Waals surface area (Å²) in [5.41, 5.74) is 2.25. The maximum absolute atomic E-state index is 13.6. The van der Waals surface area contributed by atoms with Crippen LogP contribution in [0.2, 0.25) is 0 Å². The predicted octanol–water partition coefficient (Wildman–Crippen LogP) is 3.22. The van der Waals surface area contributed by atoms with E-state index in [4.69, 9.17) is 14.2 Å². The van der Waals surface area contributed by atoms with Gasteiger partial charge >= 0.3 is 0 Å². The quantitative estimate of drug-likeness (QED) is 0.586. The zero-order valence-electron chi connectivity index (χ0n) is 19.4. The van der Waals surface area contributed by atoms with Crippen molar-refractivity contribution in [3.8, 4) is 17.2 Å². The molecule has 35 heavy (non-hydrogen) atoms. The van der Waals surface area contributed by atoms with Crippen LogP contribution in [0, 0.1) is 13.8 Å². The molecule has 0 aromatic heterocycles. The second-order valence-electron chi connectivity index (χ2n) is 8.67. The minimum atomic E-state index is -3.92. The third-order valence-electron chi connectivity index (χ3n) is 5.96. The standard InChI is InChI=1S/C26H26N2O6S/c1-17-7-10-20(11-8-17)35(30,31)28-15-25(34-22-12-9-18(2)13-21(22)28)26(29)27-14-19-16-32-23-5-3-4-6-24(23)33-19/h3-13,19,25H,14-16H2,1-2H3,(H,27,29)/t19-,25-/m1/s1. The Balaban J connectivity index is 1.34. The van der Waals surface area contributed by atoms with E-state index in [9.17, 15) is 13.2 Å². The summed E-state index contributed by atoms with van der Waals surface area (Å²) < 4.78 is 45.9. The topological polar surface area (TPSA) is 94.2 Å². The number of nitrogens with one attached hydrogen (secondary N) is 1. The molecule has 3 aromatic rings. The molecular formula is C26H26N2O6S. The van der Waals surface area contributed by atoms with Crippen molar-refractivity contribution in [2.75, 3.05) is 24.0 Å². The molecule has 5 rings (SSSR count). The second-order valence-corrected chi connectivity index (χ2v) is 10.5. The molecule has 2 heterocycles. The molecule has 2 aliphatic rings. The minimum absolute atomic E-state index is 0.149. The van der Waals surface area contributed by atoms with Gasteiger partial charge in [-0.2, -0.15) is 0 Å². The molecule has 0 unspecified atom stereocenters. The van der Waals surface area contributed by atoms with Crippen LogP contribution in [0.3, 0.4) is 0 Å². The van der Waals surface area contributed by atoms with Crippen molar-refractivity contribution in [3.63, 3.8) is 0 Å². The van der Waals surface area contributed by atoms with E-state index in [2.05, 4.69) is 5.32 Å². The monoisotopic (exact) mass is 494 g/mol. The van der Waals surface area contributed by atoms with Crippen molar-refractivity contribution in [3.05, 3.63) is 77.9 Å². The summed E-state index contributed by atoms with van der Waals surface area (Å²) in [4.78, 5) is 13.2. The van der Waals surface area contributed by atoms with Gasteiger partial charge < -0.3 is 19.5 Å². The number of nitrogens with zero attached hydrogens (tertiary/aromatic N) is 1. The summed E-state index contributed by atoms with van der Waals surface area (Å²) in [6, 6.07) is 19.2. The van der Waals surface area contributed by atoms with Gasteiger partial charge in [0.1, 0.15) is 18.5 Å². The molecule has 0 fully saturated rings. The van der Waals surface area contributed by atoms with Crippen molar-refractivity contribution >= 4 is 21.6 Å². The molecule has 0 spiro atoms. The van der Waals surface area contributed by atoms with Crippen LogP contribution in [0.15, 0.2) is 71.6 Å². The highest BCUT2D eigenvalue weighted by molar-refractivity contribution is 7.92. The fraction of sp³-hybridized carbons (Fsp3) is 0.269. The first-order chi connectivity index (χ1) is 16.8. The van der Waals surface area contributed by atoms with Crippen LogP contribution in [-0.2, 0) is 14.8 Å². The lowest BCUT2D eigenvalue weighted by Crippen LogP contribution is -2.52. The van der Waals surface area contributed by atoms with Crippen molar-refractivity contribution in [2.24, 2.45) is 0 Å². The number of carbonyl (C=O) groups is 1. The van der Waals surface area contributed by atoms with Gasteiger partial charge in [0.05, 0.1) is 23.7 Å². The minimum Gasteiger partial charge on any atom is -0.486 e. The average molecular weight is 495 g/mol. The Bertz CT molecular complexity index is 1360. The zero-order chi connectivity index (χ0) is 24.6. The number of sulfonamides is 1. The van der Waals surface area contributed by atoms with E-state index in [1.54, 1.807) is 42.5 Å². The Morgan fingerprint density at radius 3 is 2.43 bits per heavy atom. The summed E-state index contributed by atoms with van der Waals surface area (Å²) in [6.45, 7) is 4.10. The van der Waals surface area contributed by atoms with Gasteiger partial charge in [0, 0.05) is 0 Å². The van der Waals surface area contributed by atoms with Crippen LogP contribution < -0.4 is 23.8 Å². The van der Waals surface area contributed by atoms with Crippen LogP contribution in [-0.4, -0.2) is 46.2 Å². The fourth-order valence-electron chi connectivity index (χ4n) is 4.05. The van der Waals surface area contributed by atoms with E-state index in [0.29, 0.717) is 29.5 Å². The van der Waals surface area contributed by atoms with E-state index in [1.165, 1.54) is 4.31 Å². The molecule has 182 valence electrons. The highest BCUT2D eigenvalue weighted by Crippen LogP contribution is 2.38. The second kappa shape index (κ2) is 9.14. The van der Waals surface area contributed by atoms with E-state index in [1.807, 2.05) is 38.1 Å². The van der Waals surface area contributed by atoms with Crippen LogP contribution in [0.5, 0.6) is 17.2 Å². The van der Waals surface area contributed by atoms with Crippen LogP contribution in [0.25, 0.3) is 0 Å². The maximum Gasteiger partial charge on any atom is 0.264 e. The van der Waals surface area contributed by atoms with Crippen LogP contribution in [0.4, 0.5) is 5.69 Å². The van der Waals surface area contributed by atoms with E-state index >= 15 is 0 Å². The van der Waals surface area contributed by atoms with Crippen molar-refractivity contribution in [1.82, 2.24) is 5.32 Å². The number of fused-ring (bicyclic) bond motifs is 2. The SMILES string of the molecule is Cc1ccc(S(=O)(=O)N2C[C@H](C(=O)NC[C@@H]3COc4ccccc4O3)Oc3ccc(C)cc32)cc1. The number of aryl methyl sites for hydroxylation is 2. The van der Waals surface area contributed by atoms with E-state index < -0.39 is 22.0 Å². The Labute approximate surface area is 204 Å². The Morgan fingerprint density at radius 1 is 0.943 bits per heavy atom. The van der Waals surface area contributed by atoms with Gasteiger partial charge in [-0.15, -0.1) is 0 Å². The molecule has 0 bridgehead atoms. The van der Waals surface area contributed by atoms with Crippen molar-refractivity contribution < 1.29 is 27.4 Å². The molecular weight excluding hydrogens is 468 g/mol. The summed E-state index contributed by atoms with van der Waals surface area (Å²) >= 11 is 0. The molecule has 9 heteroatoms. The molecule has 1 N–H and O–H groups in total. The molecule has 0 radical (unpaired) electrons. The third-order valence-corrected chi connectivity index (χ3v) is 7.75. The molecule has 2 aliphatic heterocycles. The van der Waals surface area contributed by atoms with Crippen LogP contribution in [0.1, 0.15) is 11.1 Å². The molecule has 0 aliphatic carbocycles. The van der Waals surface area contributed by atoms with Gasteiger partial charge in [0.25, 0.3) is 15.9 Å². The first kappa shape index (κ1) is 23.0. The Kier molecular flexibility index (Phi) is 6.02. The van der Waals surface area contributed by atoms with E-state index in [-0.39, 0.29) is 24.1 Å². The first-order valence-electron chi connectivity index (χ1n) is 11.3.